The van der Waals surface area contributed by atoms with Gasteiger partial charge < -0.3 is 14.8 Å². The smallest absolute Gasteiger partial charge is 0.330 e. The molecular weight excluding hydrogens is 208 g/mol. The number of carbonyl (C=O) groups is 1. The second-order valence-corrected chi connectivity index (χ2v) is 4.40. The van der Waals surface area contributed by atoms with E-state index in [2.05, 4.69) is 26.0 Å². The van der Waals surface area contributed by atoms with Crippen molar-refractivity contribution in [3.8, 4) is 0 Å². The van der Waals surface area contributed by atoms with Gasteiger partial charge in [0.2, 0.25) is 6.23 Å². The molecule has 1 fully saturated rings. The lowest BCUT2D eigenvalue weighted by Gasteiger charge is -2.39. The first-order valence-electron chi connectivity index (χ1n) is 5.50. The van der Waals surface area contributed by atoms with Crippen LogP contribution in [0.5, 0.6) is 0 Å². The van der Waals surface area contributed by atoms with Gasteiger partial charge in [-0.3, -0.25) is 4.48 Å². The fourth-order valence-corrected chi connectivity index (χ4v) is 1.58. The molecule has 92 valence electrons. The van der Waals surface area contributed by atoms with E-state index in [0.717, 1.165) is 26.2 Å². The fraction of sp³-hybridized carbons (Fsp3) is 0.727. The quantitative estimate of drug-likeness (QED) is 0.401. The van der Waals surface area contributed by atoms with Crippen molar-refractivity contribution in [3.05, 3.63) is 12.7 Å². The lowest BCUT2D eigenvalue weighted by atomic mass is 10.3. The summed E-state index contributed by atoms with van der Waals surface area (Å²) in [6.07, 6.45) is 1.30. The van der Waals surface area contributed by atoms with Gasteiger partial charge in [-0.05, 0) is 0 Å². The molecule has 1 unspecified atom stereocenters. The van der Waals surface area contributed by atoms with Crippen molar-refractivity contribution in [2.24, 2.45) is 0 Å². The summed E-state index contributed by atoms with van der Waals surface area (Å²) in [6.45, 7) is 6.94. The lowest BCUT2D eigenvalue weighted by molar-refractivity contribution is -0.937. The van der Waals surface area contributed by atoms with Crippen LogP contribution in [0.1, 0.15) is 0 Å². The number of likely N-dealkylation sites (N-methyl/N-ethyl adjacent to an activating group) is 1. The molecule has 1 atom stereocenters. The predicted octanol–water partition coefficient (Wildman–Crippen LogP) is -0.262. The van der Waals surface area contributed by atoms with Gasteiger partial charge >= 0.3 is 5.97 Å². The van der Waals surface area contributed by atoms with Crippen molar-refractivity contribution in [3.63, 3.8) is 0 Å². The van der Waals surface area contributed by atoms with Crippen LogP contribution in [0.3, 0.4) is 0 Å². The van der Waals surface area contributed by atoms with Crippen molar-refractivity contribution < 1.29 is 18.8 Å². The third-order valence-electron chi connectivity index (χ3n) is 2.77. The summed E-state index contributed by atoms with van der Waals surface area (Å²) in [7, 11) is 4.14. The van der Waals surface area contributed by atoms with Gasteiger partial charge in [0.05, 0.1) is 27.2 Å². The Morgan fingerprint density at radius 1 is 1.69 bits per heavy atom. The summed E-state index contributed by atoms with van der Waals surface area (Å²) in [5, 5.41) is 3.29. The van der Waals surface area contributed by atoms with E-state index in [4.69, 9.17) is 9.47 Å². The third kappa shape index (κ3) is 3.92. The van der Waals surface area contributed by atoms with Gasteiger partial charge in [-0.25, -0.2) is 4.79 Å². The van der Waals surface area contributed by atoms with Crippen LogP contribution in [-0.2, 0) is 14.3 Å². The highest BCUT2D eigenvalue weighted by Gasteiger charge is 2.30. The number of nitrogens with zero attached hydrogens (tertiary/aromatic N) is 1. The maximum Gasteiger partial charge on any atom is 0.330 e. The van der Waals surface area contributed by atoms with E-state index in [-0.39, 0.29) is 12.2 Å². The normalized spacial score (nSPS) is 21.5. The molecule has 0 aromatic carbocycles. The van der Waals surface area contributed by atoms with E-state index in [1.165, 1.54) is 6.08 Å². The maximum atomic E-state index is 10.9. The molecule has 16 heavy (non-hydrogen) atoms. The highest BCUT2D eigenvalue weighted by atomic mass is 16.5. The van der Waals surface area contributed by atoms with Crippen LogP contribution in [0.15, 0.2) is 12.7 Å². The van der Waals surface area contributed by atoms with Crippen molar-refractivity contribution in [1.82, 2.24) is 5.32 Å². The average molecular weight is 229 g/mol. The molecule has 0 saturated carbocycles. The highest BCUT2D eigenvalue weighted by Crippen LogP contribution is 2.09. The summed E-state index contributed by atoms with van der Waals surface area (Å²) >= 11 is 0. The Morgan fingerprint density at radius 2 is 2.44 bits per heavy atom. The number of hydrogen-bond donors (Lipinski definition) is 1. The zero-order valence-corrected chi connectivity index (χ0v) is 10.1. The Hall–Kier alpha value is -0.910. The second kappa shape index (κ2) is 5.98. The topological polar surface area (TPSA) is 47.6 Å². The zero-order chi connectivity index (χ0) is 12.0. The molecule has 5 nitrogen and oxygen atoms in total. The van der Waals surface area contributed by atoms with Crippen LogP contribution < -0.4 is 5.32 Å². The standard InChI is InChI=1S/C11H21N2O3/c1-4-11(14)16-8-6-13(2,3)10-9-12-5-7-15-10/h4,10,12H,1,5-9H2,2-3H3/q+1. The largest absolute Gasteiger partial charge is 0.457 e. The number of morpholine rings is 1. The molecule has 1 heterocycles. The monoisotopic (exact) mass is 229 g/mol. The number of quaternary nitrogens is 1. The minimum absolute atomic E-state index is 0.121. The maximum absolute atomic E-state index is 10.9. The van der Waals surface area contributed by atoms with Gasteiger partial charge in [0, 0.05) is 12.6 Å². The summed E-state index contributed by atoms with van der Waals surface area (Å²) in [6, 6.07) is 0. The van der Waals surface area contributed by atoms with Gasteiger partial charge in [-0.15, -0.1) is 0 Å². The molecule has 0 aromatic rings. The summed E-state index contributed by atoms with van der Waals surface area (Å²) in [5.41, 5.74) is 0. The van der Waals surface area contributed by atoms with Crippen LogP contribution in [0.25, 0.3) is 0 Å². The molecule has 5 heteroatoms. The first-order valence-corrected chi connectivity index (χ1v) is 5.50. The number of carbonyl (C=O) groups excluding carboxylic acids is 1. The first-order chi connectivity index (χ1) is 7.56. The molecule has 0 spiro atoms. The predicted molar refractivity (Wildman–Crippen MR) is 60.7 cm³/mol. The molecule has 0 radical (unpaired) electrons. The molecule has 0 aliphatic carbocycles. The number of hydrogen-bond acceptors (Lipinski definition) is 4. The number of nitrogens with one attached hydrogen (secondary N) is 1. The summed E-state index contributed by atoms with van der Waals surface area (Å²) in [5.74, 6) is -0.373. The second-order valence-electron chi connectivity index (χ2n) is 4.40. The van der Waals surface area contributed by atoms with Crippen LogP contribution >= 0.6 is 0 Å². The van der Waals surface area contributed by atoms with E-state index < -0.39 is 0 Å². The fourth-order valence-electron chi connectivity index (χ4n) is 1.58. The van der Waals surface area contributed by atoms with Gasteiger partial charge in [-0.2, -0.15) is 0 Å². The van der Waals surface area contributed by atoms with E-state index in [9.17, 15) is 4.79 Å². The lowest BCUT2D eigenvalue weighted by Crippen LogP contribution is -2.58. The summed E-state index contributed by atoms with van der Waals surface area (Å²) in [4.78, 5) is 10.9. The average Bonchev–Trinajstić information content (AvgIpc) is 2.30. The molecule has 1 N–H and O–H groups in total. The van der Waals surface area contributed by atoms with Crippen LogP contribution in [-0.4, -0.2) is 63.6 Å². The molecule has 1 aliphatic heterocycles. The molecule has 1 aliphatic rings. The highest BCUT2D eigenvalue weighted by molar-refractivity contribution is 5.81. The van der Waals surface area contributed by atoms with E-state index in [1.54, 1.807) is 0 Å². The van der Waals surface area contributed by atoms with Gasteiger partial charge in [-0.1, -0.05) is 6.58 Å². The number of rotatable bonds is 5. The molecule has 0 aromatic heterocycles. The zero-order valence-electron chi connectivity index (χ0n) is 10.1. The Balaban J connectivity index is 2.32. The van der Waals surface area contributed by atoms with E-state index >= 15 is 0 Å². The number of esters is 1. The molecular formula is C11H21N2O3+. The van der Waals surface area contributed by atoms with Gasteiger partial charge in [0.25, 0.3) is 0 Å². The van der Waals surface area contributed by atoms with Crippen molar-refractivity contribution in [1.29, 1.82) is 0 Å². The Labute approximate surface area is 96.6 Å². The molecule has 1 saturated heterocycles. The first kappa shape index (κ1) is 13.2. The number of ether oxygens (including phenoxy) is 2. The van der Waals surface area contributed by atoms with Crippen molar-refractivity contribution in [2.45, 2.75) is 6.23 Å². The Kier molecular flexibility index (Phi) is 4.92. The van der Waals surface area contributed by atoms with Crippen molar-refractivity contribution >= 4 is 5.97 Å². The van der Waals surface area contributed by atoms with Gasteiger partial charge in [0.15, 0.2) is 0 Å². The summed E-state index contributed by atoms with van der Waals surface area (Å²) < 4.78 is 11.3. The van der Waals surface area contributed by atoms with E-state index in [0.29, 0.717) is 11.1 Å². The molecule has 0 amide bonds. The van der Waals surface area contributed by atoms with Crippen LogP contribution in [0.4, 0.5) is 0 Å². The SMILES string of the molecule is C=CC(=O)OCC[N+](C)(C)C1CNCCO1. The Bertz CT molecular complexity index is 248. The minimum atomic E-state index is -0.373. The Morgan fingerprint density at radius 3 is 3.00 bits per heavy atom. The molecule has 0 bridgehead atoms. The van der Waals surface area contributed by atoms with E-state index in [1.807, 2.05) is 0 Å². The molecule has 1 rings (SSSR count). The third-order valence-corrected chi connectivity index (χ3v) is 2.77. The minimum Gasteiger partial charge on any atom is -0.457 e. The van der Waals surface area contributed by atoms with Crippen LogP contribution in [0.2, 0.25) is 0 Å². The van der Waals surface area contributed by atoms with Crippen molar-refractivity contribution in [2.75, 3.05) is 46.9 Å². The van der Waals surface area contributed by atoms with Gasteiger partial charge in [0.1, 0.15) is 13.2 Å². The van der Waals surface area contributed by atoms with Crippen LogP contribution in [0, 0.1) is 0 Å².